The van der Waals surface area contributed by atoms with Gasteiger partial charge in [-0.2, -0.15) is 0 Å². The molecule has 1 aliphatic heterocycles. The summed E-state index contributed by atoms with van der Waals surface area (Å²) in [5.74, 6) is 0. The smallest absolute Gasteiger partial charge is 0.305 e. The fourth-order valence-electron chi connectivity index (χ4n) is 2.22. The highest BCUT2D eigenvalue weighted by Gasteiger charge is 2.49. The van der Waals surface area contributed by atoms with Gasteiger partial charge in [-0.25, -0.2) is 0 Å². The molecule has 0 aliphatic carbocycles. The Kier molecular flexibility index (Phi) is 3.55. The molecule has 2 atom stereocenters. The minimum absolute atomic E-state index is 0.00994. The van der Waals surface area contributed by atoms with Crippen molar-refractivity contribution in [1.29, 1.82) is 0 Å². The quantitative estimate of drug-likeness (QED) is 0.650. The maximum Gasteiger partial charge on any atom is 0.305 e. The highest BCUT2D eigenvalue weighted by Crippen LogP contribution is 2.41. The summed E-state index contributed by atoms with van der Waals surface area (Å²) in [6.45, 7) is 8.85. The summed E-state index contributed by atoms with van der Waals surface area (Å²) >= 11 is 0. The topological polar surface area (TPSA) is 18.5 Å². The van der Waals surface area contributed by atoms with Gasteiger partial charge < -0.3 is 8.85 Å². The van der Waals surface area contributed by atoms with Crippen LogP contribution in [0.5, 0.6) is 0 Å². The van der Waals surface area contributed by atoms with E-state index in [0.717, 1.165) is 12.8 Å². The number of hydrogen-bond acceptors (Lipinski definition) is 2. The van der Waals surface area contributed by atoms with Gasteiger partial charge in [0.2, 0.25) is 0 Å². The number of hydrogen-bond donors (Lipinski definition) is 0. The van der Waals surface area contributed by atoms with Gasteiger partial charge in [-0.05, 0) is 26.7 Å². The Morgan fingerprint density at radius 2 is 1.31 bits per heavy atom. The molecular weight excluding hydrogens is 180 g/mol. The molecule has 13 heavy (non-hydrogen) atoms. The van der Waals surface area contributed by atoms with Crippen LogP contribution in [-0.2, 0) is 8.85 Å². The lowest BCUT2D eigenvalue weighted by atomic mass is 9.79. The van der Waals surface area contributed by atoms with Gasteiger partial charge in [0.1, 0.15) is 0 Å². The monoisotopic (exact) mass is 202 g/mol. The molecule has 3 heteroatoms. The van der Waals surface area contributed by atoms with Crippen LogP contribution in [0.25, 0.3) is 0 Å². The van der Waals surface area contributed by atoms with E-state index in [1.807, 2.05) is 0 Å². The molecule has 0 N–H and O–H groups in total. The molecule has 78 valence electrons. The molecule has 1 heterocycles. The van der Waals surface area contributed by atoms with Gasteiger partial charge in [0.25, 0.3) is 0 Å². The third-order valence-electron chi connectivity index (χ3n) is 3.33. The molecule has 1 rings (SSSR count). The van der Waals surface area contributed by atoms with Crippen molar-refractivity contribution in [1.82, 2.24) is 0 Å². The van der Waals surface area contributed by atoms with Crippen molar-refractivity contribution >= 4 is 10.0 Å². The standard InChI is InChI=1S/C10H22O2Si/c1-5-7-9(3)10(4,8-6-2)12-13-11-9/h5-8,13H2,1-4H3. The average molecular weight is 202 g/mol. The molecule has 0 spiro atoms. The van der Waals surface area contributed by atoms with Gasteiger partial charge >= 0.3 is 10.0 Å². The van der Waals surface area contributed by atoms with Crippen molar-refractivity contribution in [3.05, 3.63) is 0 Å². The van der Waals surface area contributed by atoms with Crippen LogP contribution < -0.4 is 0 Å². The van der Waals surface area contributed by atoms with Gasteiger partial charge in [-0.3, -0.25) is 0 Å². The van der Waals surface area contributed by atoms with Crippen LogP contribution in [0.15, 0.2) is 0 Å². The van der Waals surface area contributed by atoms with Gasteiger partial charge in [-0.15, -0.1) is 0 Å². The second kappa shape index (κ2) is 4.11. The minimum Gasteiger partial charge on any atom is -0.390 e. The van der Waals surface area contributed by atoms with E-state index in [2.05, 4.69) is 27.7 Å². The second-order valence-electron chi connectivity index (χ2n) is 4.37. The van der Waals surface area contributed by atoms with Crippen LogP contribution in [0.1, 0.15) is 53.4 Å². The van der Waals surface area contributed by atoms with Crippen LogP contribution in [-0.4, -0.2) is 21.2 Å². The van der Waals surface area contributed by atoms with Crippen LogP contribution >= 0.6 is 0 Å². The molecule has 1 saturated heterocycles. The van der Waals surface area contributed by atoms with E-state index in [1.165, 1.54) is 12.8 Å². The predicted octanol–water partition coefficient (Wildman–Crippen LogP) is 2.15. The van der Waals surface area contributed by atoms with E-state index >= 15 is 0 Å². The molecular formula is C10H22O2Si. The summed E-state index contributed by atoms with van der Waals surface area (Å²) in [5.41, 5.74) is -0.0199. The highest BCUT2D eigenvalue weighted by atomic mass is 28.3. The van der Waals surface area contributed by atoms with Crippen molar-refractivity contribution in [2.75, 3.05) is 0 Å². The van der Waals surface area contributed by atoms with Crippen LogP contribution in [0.2, 0.25) is 0 Å². The Bertz CT molecular complexity index is 156. The predicted molar refractivity (Wildman–Crippen MR) is 57.3 cm³/mol. The summed E-state index contributed by atoms with van der Waals surface area (Å²) in [7, 11) is -0.706. The van der Waals surface area contributed by atoms with Gasteiger partial charge in [0, 0.05) is 0 Å². The van der Waals surface area contributed by atoms with Gasteiger partial charge in [0.15, 0.2) is 0 Å². The summed E-state index contributed by atoms with van der Waals surface area (Å²) in [6.07, 6.45) is 4.59. The minimum atomic E-state index is -0.706. The van der Waals surface area contributed by atoms with Crippen molar-refractivity contribution in [3.63, 3.8) is 0 Å². The van der Waals surface area contributed by atoms with Gasteiger partial charge in [-0.1, -0.05) is 26.7 Å². The SMILES string of the molecule is CCCC1(C)O[SiH2]OC1(C)CCC. The summed E-state index contributed by atoms with van der Waals surface area (Å²) in [4.78, 5) is 0. The fraction of sp³-hybridized carbons (Fsp3) is 1.00. The Morgan fingerprint density at radius 3 is 1.62 bits per heavy atom. The van der Waals surface area contributed by atoms with Crippen molar-refractivity contribution in [2.45, 2.75) is 64.6 Å². The van der Waals surface area contributed by atoms with E-state index in [0.29, 0.717) is 0 Å². The normalized spacial score (nSPS) is 41.5. The molecule has 0 aromatic carbocycles. The molecule has 2 nitrogen and oxygen atoms in total. The fourth-order valence-corrected chi connectivity index (χ4v) is 3.70. The molecule has 0 bridgehead atoms. The van der Waals surface area contributed by atoms with Crippen molar-refractivity contribution < 1.29 is 8.85 Å². The molecule has 1 aliphatic rings. The molecule has 1 fully saturated rings. The van der Waals surface area contributed by atoms with E-state index in [1.54, 1.807) is 0 Å². The first-order valence-electron chi connectivity index (χ1n) is 5.36. The Labute approximate surface area is 84.1 Å². The highest BCUT2D eigenvalue weighted by molar-refractivity contribution is 6.19. The maximum atomic E-state index is 5.87. The zero-order chi connectivity index (χ0) is 9.95. The number of rotatable bonds is 4. The third-order valence-corrected chi connectivity index (χ3v) is 4.84. The van der Waals surface area contributed by atoms with E-state index < -0.39 is 10.0 Å². The van der Waals surface area contributed by atoms with E-state index in [-0.39, 0.29) is 11.2 Å². The lowest BCUT2D eigenvalue weighted by Gasteiger charge is -2.39. The lowest BCUT2D eigenvalue weighted by Crippen LogP contribution is -2.47. The molecule has 0 amide bonds. The Balaban J connectivity index is 2.71. The van der Waals surface area contributed by atoms with Crippen molar-refractivity contribution in [3.8, 4) is 0 Å². The van der Waals surface area contributed by atoms with Crippen LogP contribution in [0.4, 0.5) is 0 Å². The van der Waals surface area contributed by atoms with E-state index in [9.17, 15) is 0 Å². The van der Waals surface area contributed by atoms with E-state index in [4.69, 9.17) is 8.85 Å². The zero-order valence-corrected chi connectivity index (χ0v) is 10.8. The van der Waals surface area contributed by atoms with Crippen molar-refractivity contribution in [2.24, 2.45) is 0 Å². The Hall–Kier alpha value is 0.137. The summed E-state index contributed by atoms with van der Waals surface area (Å²) < 4.78 is 11.7. The maximum absolute atomic E-state index is 5.87. The molecule has 0 aromatic heterocycles. The summed E-state index contributed by atoms with van der Waals surface area (Å²) in [6, 6.07) is 0. The summed E-state index contributed by atoms with van der Waals surface area (Å²) in [5, 5.41) is 0. The molecule has 0 radical (unpaired) electrons. The first kappa shape index (κ1) is 11.2. The molecule has 0 aromatic rings. The van der Waals surface area contributed by atoms with Crippen LogP contribution in [0.3, 0.4) is 0 Å². The van der Waals surface area contributed by atoms with Crippen LogP contribution in [0, 0.1) is 0 Å². The average Bonchev–Trinajstić information content (AvgIpc) is 2.30. The molecule has 0 saturated carbocycles. The zero-order valence-electron chi connectivity index (χ0n) is 9.35. The first-order chi connectivity index (χ1) is 6.08. The second-order valence-corrected chi connectivity index (χ2v) is 5.18. The third kappa shape index (κ3) is 1.97. The largest absolute Gasteiger partial charge is 0.390 e. The Morgan fingerprint density at radius 1 is 0.923 bits per heavy atom. The molecule has 2 unspecified atom stereocenters. The first-order valence-corrected chi connectivity index (χ1v) is 6.51. The van der Waals surface area contributed by atoms with Gasteiger partial charge in [0.05, 0.1) is 11.2 Å². The lowest BCUT2D eigenvalue weighted by molar-refractivity contribution is -0.0355.